The summed E-state index contributed by atoms with van der Waals surface area (Å²) in [5.74, 6) is 1.89. The minimum absolute atomic E-state index is 0.878. The Morgan fingerprint density at radius 3 is 2.58 bits per heavy atom. The van der Waals surface area contributed by atoms with Gasteiger partial charge in [0, 0.05) is 32.6 Å². The van der Waals surface area contributed by atoms with Crippen LogP contribution in [0.25, 0.3) is 11.4 Å². The molecule has 0 saturated heterocycles. The molecule has 0 aliphatic heterocycles. The smallest absolute Gasteiger partial charge is 0.191 e. The largest absolute Gasteiger partial charge is 0.302 e. The van der Waals surface area contributed by atoms with Crippen molar-refractivity contribution in [3.8, 4) is 11.4 Å². The van der Waals surface area contributed by atoms with Crippen molar-refractivity contribution >= 4 is 39.0 Å². The van der Waals surface area contributed by atoms with Gasteiger partial charge in [0.2, 0.25) is 0 Å². The lowest BCUT2D eigenvalue weighted by Crippen LogP contribution is -2.00. The van der Waals surface area contributed by atoms with E-state index in [2.05, 4.69) is 81.1 Å². The number of hydrogen-bond donors (Lipinski definition) is 0. The van der Waals surface area contributed by atoms with Crippen LogP contribution in [-0.2, 0) is 18.7 Å². The number of aryl methyl sites for hydroxylation is 1. The molecule has 0 aliphatic rings. The van der Waals surface area contributed by atoms with Gasteiger partial charge in [-0.25, -0.2) is 0 Å². The second-order valence-corrected chi connectivity index (χ2v) is 8.45. The standard InChI is InChI=1S/C18H20BrN3S2/c1-4-15-12(3)23-11-16(15)17-20-21-18(22(17)5-2)24-10-13-6-8-14(19)9-7-13/h6-9,11H,4-5,10H2,1-3H3. The van der Waals surface area contributed by atoms with Crippen LogP contribution in [0, 0.1) is 6.92 Å². The molecule has 0 bridgehead atoms. The Balaban J connectivity index is 1.85. The van der Waals surface area contributed by atoms with Crippen LogP contribution < -0.4 is 0 Å². The van der Waals surface area contributed by atoms with E-state index in [1.54, 1.807) is 23.1 Å². The molecule has 2 heterocycles. The maximum Gasteiger partial charge on any atom is 0.191 e. The van der Waals surface area contributed by atoms with Crippen LogP contribution in [0.4, 0.5) is 0 Å². The van der Waals surface area contributed by atoms with E-state index >= 15 is 0 Å². The lowest BCUT2D eigenvalue weighted by molar-refractivity contribution is 0.687. The minimum Gasteiger partial charge on any atom is -0.302 e. The van der Waals surface area contributed by atoms with E-state index in [4.69, 9.17) is 0 Å². The summed E-state index contributed by atoms with van der Waals surface area (Å²) in [6.45, 7) is 7.42. The quantitative estimate of drug-likeness (QED) is 0.460. The average Bonchev–Trinajstić information content (AvgIpc) is 3.16. The zero-order chi connectivity index (χ0) is 17.1. The highest BCUT2D eigenvalue weighted by Crippen LogP contribution is 2.33. The monoisotopic (exact) mass is 421 g/mol. The summed E-state index contributed by atoms with van der Waals surface area (Å²) >= 11 is 7.02. The summed E-state index contributed by atoms with van der Waals surface area (Å²) in [7, 11) is 0. The molecule has 3 aromatic rings. The molecular weight excluding hydrogens is 402 g/mol. The van der Waals surface area contributed by atoms with Crippen LogP contribution in [0.15, 0.2) is 39.3 Å². The minimum atomic E-state index is 0.878. The third kappa shape index (κ3) is 3.60. The van der Waals surface area contributed by atoms with Gasteiger partial charge < -0.3 is 4.57 Å². The van der Waals surface area contributed by atoms with Gasteiger partial charge in [0.15, 0.2) is 11.0 Å². The fourth-order valence-corrected chi connectivity index (χ4v) is 4.88. The van der Waals surface area contributed by atoms with Gasteiger partial charge in [-0.3, -0.25) is 0 Å². The molecule has 2 aromatic heterocycles. The van der Waals surface area contributed by atoms with Crippen LogP contribution in [0.1, 0.15) is 29.9 Å². The number of benzene rings is 1. The lowest BCUT2D eigenvalue weighted by Gasteiger charge is -2.08. The topological polar surface area (TPSA) is 30.7 Å². The number of aromatic nitrogens is 3. The normalized spacial score (nSPS) is 11.2. The van der Waals surface area contributed by atoms with Crippen molar-refractivity contribution in [3.05, 3.63) is 50.1 Å². The van der Waals surface area contributed by atoms with Gasteiger partial charge in [0.1, 0.15) is 0 Å². The number of thiophene rings is 1. The molecule has 24 heavy (non-hydrogen) atoms. The van der Waals surface area contributed by atoms with E-state index in [0.717, 1.165) is 34.2 Å². The molecular formula is C18H20BrN3S2. The van der Waals surface area contributed by atoms with Crippen molar-refractivity contribution in [2.24, 2.45) is 0 Å². The molecule has 1 aromatic carbocycles. The summed E-state index contributed by atoms with van der Waals surface area (Å²) in [6.07, 6.45) is 1.03. The van der Waals surface area contributed by atoms with Crippen molar-refractivity contribution in [1.29, 1.82) is 0 Å². The molecule has 0 unspecified atom stereocenters. The van der Waals surface area contributed by atoms with Crippen LogP contribution in [0.5, 0.6) is 0 Å². The van der Waals surface area contributed by atoms with Gasteiger partial charge in [-0.1, -0.05) is 46.7 Å². The predicted molar refractivity (Wildman–Crippen MR) is 107 cm³/mol. The number of halogens is 1. The Bertz CT molecular complexity index is 821. The first-order valence-corrected chi connectivity index (χ1v) is 10.7. The van der Waals surface area contributed by atoms with Crippen molar-refractivity contribution in [1.82, 2.24) is 14.8 Å². The molecule has 0 spiro atoms. The highest BCUT2D eigenvalue weighted by Gasteiger charge is 2.17. The van der Waals surface area contributed by atoms with E-state index in [9.17, 15) is 0 Å². The molecule has 0 radical (unpaired) electrons. The second-order valence-electron chi connectivity index (χ2n) is 5.50. The van der Waals surface area contributed by atoms with Crippen molar-refractivity contribution < 1.29 is 0 Å². The molecule has 0 atom stereocenters. The van der Waals surface area contributed by atoms with Gasteiger partial charge in [-0.2, -0.15) is 0 Å². The molecule has 126 valence electrons. The number of nitrogens with zero attached hydrogens (tertiary/aromatic N) is 3. The van der Waals surface area contributed by atoms with Gasteiger partial charge in [-0.15, -0.1) is 21.5 Å². The van der Waals surface area contributed by atoms with Gasteiger partial charge in [0.05, 0.1) is 0 Å². The molecule has 6 heteroatoms. The maximum atomic E-state index is 4.50. The van der Waals surface area contributed by atoms with Crippen LogP contribution in [0.3, 0.4) is 0 Å². The summed E-state index contributed by atoms with van der Waals surface area (Å²) in [5.41, 5.74) is 3.92. The van der Waals surface area contributed by atoms with E-state index in [0.29, 0.717) is 0 Å². The van der Waals surface area contributed by atoms with Gasteiger partial charge >= 0.3 is 0 Å². The van der Waals surface area contributed by atoms with Crippen LogP contribution in [0.2, 0.25) is 0 Å². The SMILES string of the molecule is CCc1c(-c2nnc(SCc3ccc(Br)cc3)n2CC)csc1C. The zero-order valence-electron chi connectivity index (χ0n) is 14.0. The van der Waals surface area contributed by atoms with E-state index in [-0.39, 0.29) is 0 Å². The molecule has 0 amide bonds. The van der Waals surface area contributed by atoms with E-state index < -0.39 is 0 Å². The molecule has 0 fully saturated rings. The Labute approximate surface area is 159 Å². The maximum absolute atomic E-state index is 4.50. The van der Waals surface area contributed by atoms with Gasteiger partial charge in [-0.05, 0) is 43.5 Å². The predicted octanol–water partition coefficient (Wildman–Crippen LogP) is 5.95. The molecule has 0 N–H and O–H groups in total. The summed E-state index contributed by atoms with van der Waals surface area (Å²) < 4.78 is 3.33. The number of thioether (sulfide) groups is 1. The molecule has 0 aliphatic carbocycles. The van der Waals surface area contributed by atoms with E-state index in [1.807, 2.05) is 0 Å². The van der Waals surface area contributed by atoms with Crippen molar-refractivity contribution in [3.63, 3.8) is 0 Å². The molecule has 0 saturated carbocycles. The second kappa shape index (κ2) is 7.85. The Hall–Kier alpha value is -1.11. The van der Waals surface area contributed by atoms with Crippen LogP contribution in [-0.4, -0.2) is 14.8 Å². The van der Waals surface area contributed by atoms with Crippen molar-refractivity contribution in [2.45, 2.75) is 44.6 Å². The zero-order valence-corrected chi connectivity index (χ0v) is 17.3. The Morgan fingerprint density at radius 2 is 1.92 bits per heavy atom. The Kier molecular flexibility index (Phi) is 5.79. The first-order valence-electron chi connectivity index (χ1n) is 8.01. The number of rotatable bonds is 6. The average molecular weight is 422 g/mol. The molecule has 3 rings (SSSR count). The summed E-state index contributed by atoms with van der Waals surface area (Å²) in [6, 6.07) is 8.44. The Morgan fingerprint density at radius 1 is 1.17 bits per heavy atom. The molecule has 3 nitrogen and oxygen atoms in total. The summed E-state index contributed by atoms with van der Waals surface area (Å²) in [4.78, 5) is 1.38. The first kappa shape index (κ1) is 17.7. The highest BCUT2D eigenvalue weighted by atomic mass is 79.9. The fourth-order valence-electron chi connectivity index (χ4n) is 2.71. The fraction of sp³-hybridized carbons (Fsp3) is 0.333. The third-order valence-corrected chi connectivity index (χ3v) is 6.53. The van der Waals surface area contributed by atoms with Crippen LogP contribution >= 0.6 is 39.0 Å². The van der Waals surface area contributed by atoms with Gasteiger partial charge in [0.25, 0.3) is 0 Å². The van der Waals surface area contributed by atoms with Crippen molar-refractivity contribution in [2.75, 3.05) is 0 Å². The number of hydrogen-bond acceptors (Lipinski definition) is 4. The highest BCUT2D eigenvalue weighted by molar-refractivity contribution is 9.10. The first-order chi connectivity index (χ1) is 11.6. The lowest BCUT2D eigenvalue weighted by atomic mass is 10.1. The third-order valence-electron chi connectivity index (χ3n) is 4.01. The summed E-state index contributed by atoms with van der Waals surface area (Å²) in [5, 5.41) is 12.2. The van der Waals surface area contributed by atoms with E-state index in [1.165, 1.54) is 21.6 Å².